The number of hydrogen-bond acceptors (Lipinski definition) is 3. The molecule has 0 spiro atoms. The van der Waals surface area contributed by atoms with Crippen LogP contribution in [0.25, 0.3) is 0 Å². The molecule has 53 valence electrons. The Morgan fingerprint density at radius 3 is 2.80 bits per heavy atom. The zero-order valence-electron chi connectivity index (χ0n) is 5.26. The Labute approximate surface area is 58.0 Å². The molecule has 3 N–H and O–H groups in total. The number of carbonyl (C=O) groups is 1. The second kappa shape index (κ2) is 2.53. The zero-order chi connectivity index (χ0) is 7.56. The minimum absolute atomic E-state index is 0.174. The third-order valence-corrected chi connectivity index (χ3v) is 1.02. The van der Waals surface area contributed by atoms with Crippen molar-refractivity contribution in [3.63, 3.8) is 0 Å². The summed E-state index contributed by atoms with van der Waals surface area (Å²) in [5.74, 6) is 5.00. The van der Waals surface area contributed by atoms with Gasteiger partial charge in [0.25, 0.3) is 0 Å². The van der Waals surface area contributed by atoms with Crippen molar-refractivity contribution < 1.29 is 9.21 Å². The van der Waals surface area contributed by atoms with E-state index in [1.165, 1.54) is 6.07 Å². The molecular weight excluding hydrogens is 132 g/mol. The molecule has 1 heterocycles. The molecule has 0 fully saturated rings. The summed E-state index contributed by atoms with van der Waals surface area (Å²) in [5.41, 5.74) is 1.93. The lowest BCUT2D eigenvalue weighted by Gasteiger charge is -1.91. The first kappa shape index (κ1) is 6.82. The summed E-state index contributed by atoms with van der Waals surface area (Å²) < 4.78 is 4.83. The van der Waals surface area contributed by atoms with Crippen LogP contribution in [0.2, 0.25) is 0 Å². The largest absolute Gasteiger partial charge is 0.456 e. The average molecular weight is 139 g/mol. The van der Waals surface area contributed by atoms with Gasteiger partial charge in [-0.05, 0) is 12.1 Å². The molecule has 4 heteroatoms. The van der Waals surface area contributed by atoms with Crippen LogP contribution in [-0.4, -0.2) is 5.91 Å². The van der Waals surface area contributed by atoms with Crippen LogP contribution >= 0.6 is 0 Å². The van der Waals surface area contributed by atoms with E-state index in [1.54, 1.807) is 6.07 Å². The van der Waals surface area contributed by atoms with Crippen LogP contribution in [0.1, 0.15) is 16.3 Å². The summed E-state index contributed by atoms with van der Waals surface area (Å²) in [6.07, 6.45) is 0. The van der Waals surface area contributed by atoms with E-state index in [9.17, 15) is 4.79 Å². The lowest BCUT2D eigenvalue weighted by atomic mass is 10.4. The minimum atomic E-state index is -0.449. The predicted octanol–water partition coefficient (Wildman–Crippen LogP) is 0.0653. The summed E-state index contributed by atoms with van der Waals surface area (Å²) in [6.45, 7) is 3.47. The maximum absolute atomic E-state index is 10.7. The highest BCUT2D eigenvalue weighted by atomic mass is 16.3. The molecule has 4 nitrogen and oxygen atoms in total. The van der Waals surface area contributed by atoms with Gasteiger partial charge in [0.15, 0.2) is 5.76 Å². The molecule has 1 aromatic rings. The zero-order valence-corrected chi connectivity index (χ0v) is 5.26. The van der Waals surface area contributed by atoms with Gasteiger partial charge in [0.05, 0.1) is 0 Å². The van der Waals surface area contributed by atoms with Crippen molar-refractivity contribution in [1.82, 2.24) is 5.43 Å². The molecular formula is C6H7N2O2. The van der Waals surface area contributed by atoms with Gasteiger partial charge in [-0.15, -0.1) is 0 Å². The number of nitrogen functional groups attached to an aromatic ring is 1. The molecule has 1 amide bonds. The molecule has 0 saturated carbocycles. The van der Waals surface area contributed by atoms with Crippen molar-refractivity contribution in [2.24, 2.45) is 5.84 Å². The van der Waals surface area contributed by atoms with Gasteiger partial charge in [0, 0.05) is 6.92 Å². The van der Waals surface area contributed by atoms with Gasteiger partial charge in [0.2, 0.25) is 0 Å². The number of amides is 1. The Kier molecular flexibility index (Phi) is 1.73. The molecule has 10 heavy (non-hydrogen) atoms. The lowest BCUT2D eigenvalue weighted by molar-refractivity contribution is 0.0925. The second-order valence-electron chi connectivity index (χ2n) is 1.74. The number of carbonyl (C=O) groups excluding carboxylic acids is 1. The van der Waals surface area contributed by atoms with E-state index in [-0.39, 0.29) is 5.76 Å². The van der Waals surface area contributed by atoms with Crippen LogP contribution < -0.4 is 11.3 Å². The molecule has 1 radical (unpaired) electrons. The fraction of sp³-hybridized carbons (Fsp3) is 0. The first-order valence-corrected chi connectivity index (χ1v) is 2.67. The van der Waals surface area contributed by atoms with E-state index in [1.807, 2.05) is 5.43 Å². The Bertz CT molecular complexity index is 242. The number of hydrazine groups is 1. The molecule has 0 atom stereocenters. The molecule has 1 rings (SSSR count). The van der Waals surface area contributed by atoms with E-state index in [4.69, 9.17) is 10.3 Å². The molecule has 0 bridgehead atoms. The predicted molar refractivity (Wildman–Crippen MR) is 34.8 cm³/mol. The monoisotopic (exact) mass is 139 g/mol. The van der Waals surface area contributed by atoms with Crippen molar-refractivity contribution in [2.75, 3.05) is 0 Å². The topological polar surface area (TPSA) is 68.3 Å². The van der Waals surface area contributed by atoms with Crippen LogP contribution in [0.5, 0.6) is 0 Å². The maximum Gasteiger partial charge on any atom is 0.300 e. The number of hydrogen-bond donors (Lipinski definition) is 2. The number of rotatable bonds is 1. The standard InChI is InChI=1S/C6H7N2O2/c1-4-2-3-5(10-4)6(9)8-7/h2-3H,1,7H2,(H,8,9). The minimum Gasteiger partial charge on any atom is -0.456 e. The van der Waals surface area contributed by atoms with Gasteiger partial charge < -0.3 is 4.42 Å². The van der Waals surface area contributed by atoms with E-state index in [2.05, 4.69) is 6.92 Å². The van der Waals surface area contributed by atoms with Crippen LogP contribution in [0.15, 0.2) is 16.5 Å². The summed E-state index contributed by atoms with van der Waals surface area (Å²) in [6, 6.07) is 3.09. The second-order valence-corrected chi connectivity index (χ2v) is 1.74. The van der Waals surface area contributed by atoms with E-state index < -0.39 is 5.91 Å². The first-order valence-electron chi connectivity index (χ1n) is 2.67. The Morgan fingerprint density at radius 1 is 1.70 bits per heavy atom. The van der Waals surface area contributed by atoms with Crippen LogP contribution in [0.3, 0.4) is 0 Å². The summed E-state index contributed by atoms with van der Waals surface area (Å²) in [7, 11) is 0. The van der Waals surface area contributed by atoms with Gasteiger partial charge >= 0.3 is 5.91 Å². The molecule has 0 aliphatic heterocycles. The number of nitrogens with one attached hydrogen (secondary N) is 1. The molecule has 1 aromatic heterocycles. The molecule has 0 aliphatic carbocycles. The van der Waals surface area contributed by atoms with Crippen LogP contribution in [0, 0.1) is 6.92 Å². The number of nitrogens with two attached hydrogens (primary N) is 1. The summed E-state index contributed by atoms with van der Waals surface area (Å²) in [5, 5.41) is 0. The average Bonchev–Trinajstić information content (AvgIpc) is 2.34. The smallest absolute Gasteiger partial charge is 0.300 e. The fourth-order valence-corrected chi connectivity index (χ4v) is 0.571. The third-order valence-electron chi connectivity index (χ3n) is 1.02. The normalized spacial score (nSPS) is 9.40. The summed E-state index contributed by atoms with van der Waals surface area (Å²) in [4.78, 5) is 10.7. The third kappa shape index (κ3) is 1.16. The van der Waals surface area contributed by atoms with Gasteiger partial charge in [-0.2, -0.15) is 0 Å². The van der Waals surface area contributed by atoms with Crippen molar-refractivity contribution in [3.05, 3.63) is 30.6 Å². The first-order chi connectivity index (χ1) is 4.74. The summed E-state index contributed by atoms with van der Waals surface area (Å²) >= 11 is 0. The molecule has 0 aromatic carbocycles. The maximum atomic E-state index is 10.7. The Morgan fingerprint density at radius 2 is 2.40 bits per heavy atom. The Balaban J connectivity index is 2.85. The highest BCUT2D eigenvalue weighted by Crippen LogP contribution is 2.04. The molecule has 0 saturated heterocycles. The highest BCUT2D eigenvalue weighted by molar-refractivity contribution is 5.90. The van der Waals surface area contributed by atoms with E-state index in [0.29, 0.717) is 5.76 Å². The highest BCUT2D eigenvalue weighted by Gasteiger charge is 2.05. The molecule has 0 aliphatic rings. The van der Waals surface area contributed by atoms with E-state index in [0.717, 1.165) is 0 Å². The SMILES string of the molecule is [CH2]c1ccc(C(=O)NN)o1. The van der Waals surface area contributed by atoms with Crippen LogP contribution in [0.4, 0.5) is 0 Å². The van der Waals surface area contributed by atoms with Crippen molar-refractivity contribution in [3.8, 4) is 0 Å². The van der Waals surface area contributed by atoms with Gasteiger partial charge in [0.1, 0.15) is 5.76 Å². The number of furan rings is 1. The van der Waals surface area contributed by atoms with Gasteiger partial charge in [-0.3, -0.25) is 10.2 Å². The van der Waals surface area contributed by atoms with Crippen LogP contribution in [-0.2, 0) is 0 Å². The molecule has 0 unspecified atom stereocenters. The fourth-order valence-electron chi connectivity index (χ4n) is 0.571. The van der Waals surface area contributed by atoms with E-state index >= 15 is 0 Å². The van der Waals surface area contributed by atoms with Gasteiger partial charge in [-0.25, -0.2) is 5.84 Å². The lowest BCUT2D eigenvalue weighted by Crippen LogP contribution is -2.29. The Hall–Kier alpha value is -1.29. The van der Waals surface area contributed by atoms with Crippen molar-refractivity contribution in [2.45, 2.75) is 0 Å². The van der Waals surface area contributed by atoms with Gasteiger partial charge in [-0.1, -0.05) is 0 Å². The quantitative estimate of drug-likeness (QED) is 0.328. The van der Waals surface area contributed by atoms with Crippen molar-refractivity contribution in [1.29, 1.82) is 0 Å². The van der Waals surface area contributed by atoms with Crippen molar-refractivity contribution >= 4 is 5.91 Å².